The first-order valence-electron chi connectivity index (χ1n) is 9.34. The van der Waals surface area contributed by atoms with E-state index in [9.17, 15) is 21.6 Å². The van der Waals surface area contributed by atoms with Gasteiger partial charge in [-0.2, -0.15) is 4.31 Å². The number of amides is 1. The molecule has 0 unspecified atom stereocenters. The highest BCUT2D eigenvalue weighted by Gasteiger charge is 2.35. The zero-order valence-electron chi connectivity index (χ0n) is 16.4. The molecule has 162 valence electrons. The number of hydrogen-bond donors (Lipinski definition) is 0. The second kappa shape index (κ2) is 9.05. The van der Waals surface area contributed by atoms with Crippen molar-refractivity contribution in [2.75, 3.05) is 25.1 Å². The van der Waals surface area contributed by atoms with Crippen molar-refractivity contribution in [1.82, 2.24) is 9.21 Å². The minimum atomic E-state index is -3.98. The summed E-state index contributed by atoms with van der Waals surface area (Å²) >= 11 is 5.87. The maximum atomic E-state index is 13.2. The van der Waals surface area contributed by atoms with Crippen LogP contribution in [0.25, 0.3) is 0 Å². The van der Waals surface area contributed by atoms with Gasteiger partial charge in [0.1, 0.15) is 0 Å². The maximum absolute atomic E-state index is 13.2. The van der Waals surface area contributed by atoms with E-state index in [-0.39, 0.29) is 22.9 Å². The highest BCUT2D eigenvalue weighted by atomic mass is 35.5. The molecule has 0 spiro atoms. The molecule has 0 aliphatic carbocycles. The fourth-order valence-corrected chi connectivity index (χ4v) is 6.59. The number of benzene rings is 2. The van der Waals surface area contributed by atoms with Crippen molar-refractivity contribution >= 4 is 37.4 Å². The Morgan fingerprint density at radius 3 is 2.30 bits per heavy atom. The number of hydrogen-bond acceptors (Lipinski definition) is 5. The van der Waals surface area contributed by atoms with Crippen LogP contribution in [0.1, 0.15) is 12.0 Å². The molecule has 1 aliphatic heterocycles. The highest BCUT2D eigenvalue weighted by molar-refractivity contribution is 7.91. The van der Waals surface area contributed by atoms with Gasteiger partial charge in [0.25, 0.3) is 0 Å². The molecule has 2 aromatic carbocycles. The lowest BCUT2D eigenvalue weighted by Crippen LogP contribution is -2.45. The maximum Gasteiger partial charge on any atom is 0.243 e. The number of likely N-dealkylation sites (N-methyl/N-ethyl adjacent to an activating group) is 1. The molecule has 30 heavy (non-hydrogen) atoms. The number of halogens is 1. The van der Waals surface area contributed by atoms with Gasteiger partial charge in [-0.15, -0.1) is 0 Å². The largest absolute Gasteiger partial charge is 0.341 e. The van der Waals surface area contributed by atoms with Gasteiger partial charge in [0.2, 0.25) is 15.9 Å². The van der Waals surface area contributed by atoms with Gasteiger partial charge in [-0.1, -0.05) is 41.9 Å². The van der Waals surface area contributed by atoms with Gasteiger partial charge in [-0.25, -0.2) is 16.8 Å². The highest BCUT2D eigenvalue weighted by Crippen LogP contribution is 2.22. The van der Waals surface area contributed by atoms with Crippen molar-refractivity contribution in [3.05, 3.63) is 65.2 Å². The van der Waals surface area contributed by atoms with Crippen LogP contribution < -0.4 is 0 Å². The second-order valence-electron chi connectivity index (χ2n) is 7.27. The Hall–Kier alpha value is -1.94. The molecule has 0 saturated carbocycles. The fraction of sp³-hybridized carbons (Fsp3) is 0.350. The van der Waals surface area contributed by atoms with Gasteiger partial charge in [0.05, 0.1) is 22.9 Å². The number of sulfonamides is 1. The number of nitrogens with zero attached hydrogens (tertiary/aromatic N) is 2. The summed E-state index contributed by atoms with van der Waals surface area (Å²) in [5.41, 5.74) is 0.730. The average molecular weight is 471 g/mol. The first kappa shape index (κ1) is 22.7. The summed E-state index contributed by atoms with van der Waals surface area (Å²) in [5.74, 6) is -0.519. The summed E-state index contributed by atoms with van der Waals surface area (Å²) in [7, 11) is -5.63. The van der Waals surface area contributed by atoms with Crippen LogP contribution in [-0.4, -0.2) is 63.1 Å². The first-order chi connectivity index (χ1) is 14.1. The quantitative estimate of drug-likeness (QED) is 0.618. The number of carbonyl (C=O) groups is 1. The number of rotatable bonds is 7. The zero-order valence-corrected chi connectivity index (χ0v) is 18.8. The topological polar surface area (TPSA) is 91.8 Å². The van der Waals surface area contributed by atoms with Crippen molar-refractivity contribution in [1.29, 1.82) is 0 Å². The molecule has 3 rings (SSSR count). The summed E-state index contributed by atoms with van der Waals surface area (Å²) < 4.78 is 51.1. The van der Waals surface area contributed by atoms with Crippen LogP contribution in [0.15, 0.2) is 59.5 Å². The van der Waals surface area contributed by atoms with E-state index < -0.39 is 38.4 Å². The Morgan fingerprint density at radius 2 is 1.73 bits per heavy atom. The zero-order chi connectivity index (χ0) is 21.9. The van der Waals surface area contributed by atoms with E-state index >= 15 is 0 Å². The van der Waals surface area contributed by atoms with Crippen LogP contribution in [-0.2, 0) is 31.2 Å². The van der Waals surface area contributed by atoms with Crippen LogP contribution in [0.2, 0.25) is 5.02 Å². The third-order valence-corrected chi connectivity index (χ3v) is 8.92. The summed E-state index contributed by atoms with van der Waals surface area (Å²) in [6.45, 7) is -0.388. The van der Waals surface area contributed by atoms with Gasteiger partial charge in [0.15, 0.2) is 9.84 Å². The number of carbonyl (C=O) groups excluding carboxylic acids is 1. The number of sulfone groups is 1. The van der Waals surface area contributed by atoms with Gasteiger partial charge in [-0.05, 0) is 36.2 Å². The molecule has 1 atom stereocenters. The van der Waals surface area contributed by atoms with Crippen molar-refractivity contribution in [3.63, 3.8) is 0 Å². The monoisotopic (exact) mass is 470 g/mol. The Bertz CT molecular complexity index is 1100. The summed E-state index contributed by atoms with van der Waals surface area (Å²) in [6, 6.07) is 14.3. The molecule has 1 fully saturated rings. The molecule has 0 radical (unpaired) electrons. The third-order valence-electron chi connectivity index (χ3n) is 5.11. The molecule has 2 aromatic rings. The van der Waals surface area contributed by atoms with Crippen LogP contribution >= 0.6 is 11.6 Å². The third kappa shape index (κ3) is 5.40. The van der Waals surface area contributed by atoms with E-state index in [1.807, 2.05) is 6.07 Å². The summed E-state index contributed by atoms with van der Waals surface area (Å²) in [5, 5.41) is 0.404. The van der Waals surface area contributed by atoms with E-state index in [1.54, 1.807) is 24.3 Å². The Labute approximate surface area is 182 Å². The van der Waals surface area contributed by atoms with Crippen molar-refractivity contribution < 1.29 is 21.6 Å². The van der Waals surface area contributed by atoms with E-state index in [4.69, 9.17) is 11.6 Å². The van der Waals surface area contributed by atoms with Gasteiger partial charge in [0, 0.05) is 24.7 Å². The lowest BCUT2D eigenvalue weighted by Gasteiger charge is -2.28. The minimum Gasteiger partial charge on any atom is -0.341 e. The second-order valence-corrected chi connectivity index (χ2v) is 11.9. The van der Waals surface area contributed by atoms with Crippen LogP contribution in [0.5, 0.6) is 0 Å². The van der Waals surface area contributed by atoms with E-state index in [1.165, 1.54) is 36.2 Å². The standard InChI is InChI=1S/C20H23ClN2O5S2/c1-22(18-11-12-29(25,26)15-18)20(24)14-23(13-16-5-3-2-4-6-16)30(27,28)19-9-7-17(21)8-10-19/h2-10,18H,11-15H2,1H3/t18-/m0/s1. The molecule has 0 aromatic heterocycles. The SMILES string of the molecule is CN(C(=O)CN(Cc1ccccc1)S(=O)(=O)c1ccc(Cl)cc1)[C@H]1CCS(=O)(=O)C1. The molecule has 1 aliphatic rings. The van der Waals surface area contributed by atoms with E-state index in [0.29, 0.717) is 11.4 Å². The fourth-order valence-electron chi connectivity index (χ4n) is 3.32. The van der Waals surface area contributed by atoms with Gasteiger partial charge < -0.3 is 4.90 Å². The normalized spacial score (nSPS) is 18.4. The summed E-state index contributed by atoms with van der Waals surface area (Å²) in [6.07, 6.45) is 0.354. The smallest absolute Gasteiger partial charge is 0.243 e. The van der Waals surface area contributed by atoms with Gasteiger partial charge >= 0.3 is 0 Å². The van der Waals surface area contributed by atoms with Gasteiger partial charge in [-0.3, -0.25) is 4.79 Å². The molecule has 1 saturated heterocycles. The van der Waals surface area contributed by atoms with E-state index in [2.05, 4.69) is 0 Å². The molecular weight excluding hydrogens is 448 g/mol. The van der Waals surface area contributed by atoms with E-state index in [0.717, 1.165) is 9.87 Å². The molecule has 10 heteroatoms. The molecule has 7 nitrogen and oxygen atoms in total. The Morgan fingerprint density at radius 1 is 1.10 bits per heavy atom. The predicted molar refractivity (Wildman–Crippen MR) is 115 cm³/mol. The lowest BCUT2D eigenvalue weighted by atomic mass is 10.2. The van der Waals surface area contributed by atoms with Crippen molar-refractivity contribution in [3.8, 4) is 0 Å². The minimum absolute atomic E-state index is 0.00828. The molecule has 1 amide bonds. The molecule has 1 heterocycles. The lowest BCUT2D eigenvalue weighted by molar-refractivity contribution is -0.131. The van der Waals surface area contributed by atoms with Crippen LogP contribution in [0.3, 0.4) is 0 Å². The van der Waals surface area contributed by atoms with Crippen molar-refractivity contribution in [2.45, 2.75) is 23.9 Å². The Balaban J connectivity index is 1.86. The van der Waals surface area contributed by atoms with Crippen LogP contribution in [0, 0.1) is 0 Å². The Kier molecular flexibility index (Phi) is 6.86. The predicted octanol–water partition coefficient (Wildman–Crippen LogP) is 2.18. The molecule has 0 bridgehead atoms. The summed E-state index contributed by atoms with van der Waals surface area (Å²) in [4.78, 5) is 14.3. The molecule has 0 N–H and O–H groups in total. The van der Waals surface area contributed by atoms with Crippen molar-refractivity contribution in [2.24, 2.45) is 0 Å². The van der Waals surface area contributed by atoms with Crippen LogP contribution in [0.4, 0.5) is 0 Å². The molecular formula is C20H23ClN2O5S2. The average Bonchev–Trinajstić information content (AvgIpc) is 3.07. The first-order valence-corrected chi connectivity index (χ1v) is 13.0.